The van der Waals surface area contributed by atoms with Crippen molar-refractivity contribution in [2.75, 3.05) is 18.9 Å². The molecule has 3 rings (SSSR count). The van der Waals surface area contributed by atoms with Gasteiger partial charge in [-0.2, -0.15) is 0 Å². The Balaban J connectivity index is 1.77. The Bertz CT molecular complexity index is 1160. The maximum Gasteiger partial charge on any atom is 0.336 e. The average Bonchev–Trinajstić information content (AvgIpc) is 2.65. The third kappa shape index (κ3) is 4.24. The SMILES string of the molecule is Cc1c(O)ccc2c(C[NH+](C)CC(=O)Nc3ccc(F)c(F)c3F)cc(=O)oc12. The summed E-state index contributed by atoms with van der Waals surface area (Å²) >= 11 is 0. The minimum Gasteiger partial charge on any atom is -0.508 e. The number of quaternary nitrogens is 1. The van der Waals surface area contributed by atoms with Gasteiger partial charge in [-0.1, -0.05) is 0 Å². The van der Waals surface area contributed by atoms with Crippen LogP contribution in [0.25, 0.3) is 11.0 Å². The fraction of sp³-hybridized carbons (Fsp3) is 0.200. The van der Waals surface area contributed by atoms with Crippen LogP contribution in [0, 0.1) is 24.4 Å². The van der Waals surface area contributed by atoms with E-state index < -0.39 is 34.7 Å². The van der Waals surface area contributed by atoms with E-state index in [1.54, 1.807) is 20.0 Å². The standard InChI is InChI=1S/C20H17F3N2O4/c1-10-15(26)6-3-12-11(7-17(28)29-20(10)12)8-25(2)9-16(27)24-14-5-4-13(21)18(22)19(14)23/h3-7,26H,8-9H2,1-2H3,(H,24,27)/p+1. The molecule has 0 spiro atoms. The zero-order valence-electron chi connectivity index (χ0n) is 15.6. The number of phenols is 1. The van der Waals surface area contributed by atoms with E-state index in [1.165, 1.54) is 12.1 Å². The van der Waals surface area contributed by atoms with Crippen LogP contribution < -0.4 is 15.8 Å². The zero-order chi connectivity index (χ0) is 21.3. The lowest BCUT2D eigenvalue weighted by atomic mass is 10.1. The molecule has 3 aromatic rings. The van der Waals surface area contributed by atoms with Crippen molar-refractivity contribution in [3.8, 4) is 5.75 Å². The zero-order valence-corrected chi connectivity index (χ0v) is 15.6. The van der Waals surface area contributed by atoms with Crippen LogP contribution in [0.3, 0.4) is 0 Å². The van der Waals surface area contributed by atoms with Crippen LogP contribution >= 0.6 is 0 Å². The molecule has 1 unspecified atom stereocenters. The van der Waals surface area contributed by atoms with Gasteiger partial charge < -0.3 is 19.7 Å². The number of carbonyl (C=O) groups is 1. The van der Waals surface area contributed by atoms with Crippen LogP contribution in [0.5, 0.6) is 5.75 Å². The highest BCUT2D eigenvalue weighted by atomic mass is 19.2. The first kappa shape index (κ1) is 20.4. The topological polar surface area (TPSA) is 84.0 Å². The number of amides is 1. The number of nitrogens with one attached hydrogen (secondary N) is 2. The molecule has 0 saturated heterocycles. The van der Waals surface area contributed by atoms with Crippen LogP contribution in [-0.2, 0) is 11.3 Å². The Morgan fingerprint density at radius 3 is 2.62 bits per heavy atom. The summed E-state index contributed by atoms with van der Waals surface area (Å²) in [6, 6.07) is 6.05. The molecule has 0 bridgehead atoms. The van der Waals surface area contributed by atoms with E-state index in [0.717, 1.165) is 12.1 Å². The summed E-state index contributed by atoms with van der Waals surface area (Å²) in [5.74, 6) is -5.11. The second-order valence-corrected chi connectivity index (χ2v) is 6.76. The number of likely N-dealkylation sites (N-methyl/N-ethyl adjacent to an activating group) is 1. The van der Waals surface area contributed by atoms with Gasteiger partial charge in [0.15, 0.2) is 24.0 Å². The number of aromatic hydroxyl groups is 1. The van der Waals surface area contributed by atoms with Crippen LogP contribution in [0.1, 0.15) is 11.1 Å². The molecule has 9 heteroatoms. The first-order valence-corrected chi connectivity index (χ1v) is 8.67. The molecular weight excluding hydrogens is 389 g/mol. The number of hydrogen-bond acceptors (Lipinski definition) is 4. The molecule has 1 aromatic heterocycles. The number of phenolic OH excluding ortho intramolecular Hbond substituents is 1. The molecule has 0 aliphatic carbocycles. The van der Waals surface area contributed by atoms with E-state index in [0.29, 0.717) is 21.4 Å². The average molecular weight is 407 g/mol. The van der Waals surface area contributed by atoms with Gasteiger partial charge in [-0.25, -0.2) is 18.0 Å². The monoisotopic (exact) mass is 407 g/mol. The number of anilines is 1. The second kappa shape index (κ2) is 7.96. The van der Waals surface area contributed by atoms with Gasteiger partial charge in [0.25, 0.3) is 5.91 Å². The van der Waals surface area contributed by atoms with Crippen molar-refractivity contribution in [3.05, 3.63) is 69.3 Å². The molecule has 29 heavy (non-hydrogen) atoms. The van der Waals surface area contributed by atoms with Crippen molar-refractivity contribution < 1.29 is 32.4 Å². The van der Waals surface area contributed by atoms with Crippen molar-refractivity contribution in [1.82, 2.24) is 0 Å². The molecule has 2 aromatic carbocycles. The van der Waals surface area contributed by atoms with Crippen LogP contribution in [-0.4, -0.2) is 24.6 Å². The van der Waals surface area contributed by atoms with Crippen LogP contribution in [0.4, 0.5) is 18.9 Å². The molecule has 0 aliphatic rings. The third-order valence-corrected chi connectivity index (χ3v) is 4.48. The normalized spacial score (nSPS) is 12.2. The number of carbonyl (C=O) groups excluding carboxylic acids is 1. The van der Waals surface area contributed by atoms with Gasteiger partial charge in [-0.3, -0.25) is 4.79 Å². The smallest absolute Gasteiger partial charge is 0.336 e. The van der Waals surface area contributed by atoms with E-state index in [-0.39, 0.29) is 24.4 Å². The molecular formula is C20H18F3N2O4+. The molecule has 0 radical (unpaired) electrons. The summed E-state index contributed by atoms with van der Waals surface area (Å²) in [7, 11) is 1.68. The van der Waals surface area contributed by atoms with Crippen LogP contribution in [0.2, 0.25) is 0 Å². The summed E-state index contributed by atoms with van der Waals surface area (Å²) in [6.45, 7) is 1.74. The van der Waals surface area contributed by atoms with E-state index in [4.69, 9.17) is 4.42 Å². The van der Waals surface area contributed by atoms with Crippen molar-refractivity contribution >= 4 is 22.6 Å². The molecule has 6 nitrogen and oxygen atoms in total. The van der Waals surface area contributed by atoms with Gasteiger partial charge in [0.1, 0.15) is 17.9 Å². The Labute approximate surface area is 163 Å². The fourth-order valence-electron chi connectivity index (χ4n) is 3.04. The fourth-order valence-corrected chi connectivity index (χ4v) is 3.04. The van der Waals surface area contributed by atoms with Crippen molar-refractivity contribution in [2.45, 2.75) is 13.5 Å². The van der Waals surface area contributed by atoms with Gasteiger partial charge in [-0.05, 0) is 31.2 Å². The maximum atomic E-state index is 13.7. The number of hydrogen-bond donors (Lipinski definition) is 3. The Kier molecular flexibility index (Phi) is 5.60. The van der Waals surface area contributed by atoms with Crippen LogP contribution in [0.15, 0.2) is 39.5 Å². The van der Waals surface area contributed by atoms with Gasteiger partial charge in [0.2, 0.25) is 0 Å². The lowest BCUT2D eigenvalue weighted by Gasteiger charge is -2.15. The predicted octanol–water partition coefficient (Wildman–Crippen LogP) is 1.88. The lowest BCUT2D eigenvalue weighted by Crippen LogP contribution is -3.08. The predicted molar refractivity (Wildman–Crippen MR) is 99.3 cm³/mol. The first-order valence-electron chi connectivity index (χ1n) is 8.67. The number of halogens is 3. The van der Waals surface area contributed by atoms with E-state index in [2.05, 4.69) is 5.32 Å². The molecule has 1 heterocycles. The highest BCUT2D eigenvalue weighted by Gasteiger charge is 2.19. The summed E-state index contributed by atoms with van der Waals surface area (Å²) in [4.78, 5) is 24.7. The summed E-state index contributed by atoms with van der Waals surface area (Å²) in [5, 5.41) is 12.6. The quantitative estimate of drug-likeness (QED) is 0.446. The highest BCUT2D eigenvalue weighted by molar-refractivity contribution is 5.91. The summed E-state index contributed by atoms with van der Waals surface area (Å²) in [5.41, 5.74) is 0.226. The van der Waals surface area contributed by atoms with Crippen molar-refractivity contribution in [3.63, 3.8) is 0 Å². The van der Waals surface area contributed by atoms with E-state index >= 15 is 0 Å². The maximum absolute atomic E-state index is 13.7. The molecule has 0 aliphatic heterocycles. The number of aryl methyl sites for hydroxylation is 1. The third-order valence-electron chi connectivity index (χ3n) is 4.48. The molecule has 1 amide bonds. The van der Waals surface area contributed by atoms with E-state index in [1.807, 2.05) is 0 Å². The van der Waals surface area contributed by atoms with Gasteiger partial charge in [0, 0.05) is 22.6 Å². The summed E-state index contributed by atoms with van der Waals surface area (Å²) in [6.07, 6.45) is 0. The van der Waals surface area contributed by atoms with Crippen molar-refractivity contribution in [1.29, 1.82) is 0 Å². The van der Waals surface area contributed by atoms with Gasteiger partial charge in [-0.15, -0.1) is 0 Å². The second-order valence-electron chi connectivity index (χ2n) is 6.76. The summed E-state index contributed by atoms with van der Waals surface area (Å²) < 4.78 is 45.1. The minimum atomic E-state index is -1.66. The molecule has 3 N–H and O–H groups in total. The largest absolute Gasteiger partial charge is 0.508 e. The molecule has 1 atom stereocenters. The Hall–Kier alpha value is -3.33. The first-order chi connectivity index (χ1) is 13.7. The number of fused-ring (bicyclic) bond motifs is 1. The number of rotatable bonds is 5. The Morgan fingerprint density at radius 2 is 1.90 bits per heavy atom. The highest BCUT2D eigenvalue weighted by Crippen LogP contribution is 2.27. The van der Waals surface area contributed by atoms with Gasteiger partial charge >= 0.3 is 5.63 Å². The minimum absolute atomic E-state index is 0.00793. The lowest BCUT2D eigenvalue weighted by molar-refractivity contribution is -0.885. The van der Waals surface area contributed by atoms with Crippen molar-refractivity contribution in [2.24, 2.45) is 0 Å². The number of benzene rings is 2. The Morgan fingerprint density at radius 1 is 1.17 bits per heavy atom. The van der Waals surface area contributed by atoms with E-state index in [9.17, 15) is 27.9 Å². The molecule has 0 saturated carbocycles. The van der Waals surface area contributed by atoms with Gasteiger partial charge in [0.05, 0.1) is 12.7 Å². The molecule has 0 fully saturated rings. The molecule has 152 valence electrons.